The predicted molar refractivity (Wildman–Crippen MR) is 112 cm³/mol. The highest BCUT2D eigenvalue weighted by Gasteiger charge is 2.31. The SMILES string of the molecule is O=C(Nc1ccc(Cl)cc1)c1nn(-c2cccc(C(F)(F)F)c2)c(=O)c2ccccc12. The fourth-order valence-corrected chi connectivity index (χ4v) is 3.20. The maximum absolute atomic E-state index is 13.1. The first-order valence-corrected chi connectivity index (χ1v) is 9.38. The van der Waals surface area contributed by atoms with Crippen LogP contribution in [0.5, 0.6) is 0 Å². The first-order valence-electron chi connectivity index (χ1n) is 9.01. The van der Waals surface area contributed by atoms with E-state index in [1.54, 1.807) is 42.5 Å². The average Bonchev–Trinajstić information content (AvgIpc) is 2.75. The molecule has 0 atom stereocenters. The smallest absolute Gasteiger partial charge is 0.321 e. The van der Waals surface area contributed by atoms with E-state index < -0.39 is 23.2 Å². The molecule has 4 rings (SSSR count). The van der Waals surface area contributed by atoms with E-state index in [2.05, 4.69) is 10.4 Å². The van der Waals surface area contributed by atoms with Crippen molar-refractivity contribution in [3.05, 3.63) is 99.4 Å². The Morgan fingerprint density at radius 2 is 1.61 bits per heavy atom. The molecule has 156 valence electrons. The van der Waals surface area contributed by atoms with Crippen LogP contribution in [0.4, 0.5) is 18.9 Å². The van der Waals surface area contributed by atoms with Crippen LogP contribution in [0.15, 0.2) is 77.6 Å². The van der Waals surface area contributed by atoms with Gasteiger partial charge in [0.15, 0.2) is 5.69 Å². The number of hydrogen-bond acceptors (Lipinski definition) is 3. The van der Waals surface area contributed by atoms with Gasteiger partial charge >= 0.3 is 6.18 Å². The average molecular weight is 444 g/mol. The summed E-state index contributed by atoms with van der Waals surface area (Å²) in [6.45, 7) is 0. The summed E-state index contributed by atoms with van der Waals surface area (Å²) >= 11 is 5.85. The van der Waals surface area contributed by atoms with Gasteiger partial charge in [-0.05, 0) is 48.5 Å². The van der Waals surface area contributed by atoms with Crippen molar-refractivity contribution in [3.63, 3.8) is 0 Å². The van der Waals surface area contributed by atoms with E-state index in [0.717, 1.165) is 16.8 Å². The van der Waals surface area contributed by atoms with Crippen molar-refractivity contribution in [2.75, 3.05) is 5.32 Å². The van der Waals surface area contributed by atoms with Crippen LogP contribution in [0.25, 0.3) is 16.5 Å². The van der Waals surface area contributed by atoms with E-state index in [1.807, 2.05) is 0 Å². The molecule has 1 heterocycles. The molecule has 1 N–H and O–H groups in total. The third-order valence-corrected chi connectivity index (χ3v) is 4.79. The van der Waals surface area contributed by atoms with Gasteiger partial charge in [-0.3, -0.25) is 9.59 Å². The summed E-state index contributed by atoms with van der Waals surface area (Å²) in [4.78, 5) is 25.9. The summed E-state index contributed by atoms with van der Waals surface area (Å²) in [6.07, 6.45) is -4.59. The van der Waals surface area contributed by atoms with Gasteiger partial charge in [0.1, 0.15) is 0 Å². The zero-order valence-electron chi connectivity index (χ0n) is 15.7. The number of alkyl halides is 3. The van der Waals surface area contributed by atoms with Gasteiger partial charge < -0.3 is 5.32 Å². The minimum Gasteiger partial charge on any atom is -0.321 e. The zero-order chi connectivity index (χ0) is 22.2. The molecule has 0 aliphatic carbocycles. The summed E-state index contributed by atoms with van der Waals surface area (Å²) in [5.74, 6) is -0.626. The molecule has 0 bridgehead atoms. The summed E-state index contributed by atoms with van der Waals surface area (Å²) < 4.78 is 40.2. The van der Waals surface area contributed by atoms with Crippen molar-refractivity contribution in [1.29, 1.82) is 0 Å². The topological polar surface area (TPSA) is 64.0 Å². The van der Waals surface area contributed by atoms with Crippen LogP contribution in [0.1, 0.15) is 16.1 Å². The molecular formula is C22H13ClF3N3O2. The minimum absolute atomic E-state index is 0.105. The van der Waals surface area contributed by atoms with Crippen LogP contribution in [-0.2, 0) is 6.18 Å². The van der Waals surface area contributed by atoms with E-state index in [9.17, 15) is 22.8 Å². The van der Waals surface area contributed by atoms with Crippen molar-refractivity contribution in [2.45, 2.75) is 6.18 Å². The molecule has 0 spiro atoms. The van der Waals surface area contributed by atoms with Crippen LogP contribution in [0.2, 0.25) is 5.02 Å². The summed E-state index contributed by atoms with van der Waals surface area (Å²) in [5.41, 5.74) is -1.34. The lowest BCUT2D eigenvalue weighted by molar-refractivity contribution is -0.137. The molecule has 1 amide bonds. The lowest BCUT2D eigenvalue weighted by Gasteiger charge is -2.13. The number of anilines is 1. The normalized spacial score (nSPS) is 11.5. The number of nitrogens with one attached hydrogen (secondary N) is 1. The molecule has 0 aliphatic rings. The maximum Gasteiger partial charge on any atom is 0.416 e. The van der Waals surface area contributed by atoms with Gasteiger partial charge in [0.2, 0.25) is 0 Å². The molecule has 4 aromatic rings. The van der Waals surface area contributed by atoms with Gasteiger partial charge in [0.25, 0.3) is 11.5 Å². The number of aromatic nitrogens is 2. The highest BCUT2D eigenvalue weighted by Crippen LogP contribution is 2.30. The van der Waals surface area contributed by atoms with Crippen molar-refractivity contribution >= 4 is 34.0 Å². The number of fused-ring (bicyclic) bond motifs is 1. The van der Waals surface area contributed by atoms with Gasteiger partial charge in [-0.1, -0.05) is 35.9 Å². The Kier molecular flexibility index (Phi) is 5.24. The molecule has 3 aromatic carbocycles. The Bertz CT molecular complexity index is 1350. The quantitative estimate of drug-likeness (QED) is 0.466. The van der Waals surface area contributed by atoms with Crippen LogP contribution in [0.3, 0.4) is 0 Å². The highest BCUT2D eigenvalue weighted by molar-refractivity contribution is 6.30. The fraction of sp³-hybridized carbons (Fsp3) is 0.0455. The molecule has 0 fully saturated rings. The first kappa shape index (κ1) is 20.6. The molecule has 5 nitrogen and oxygen atoms in total. The molecule has 31 heavy (non-hydrogen) atoms. The van der Waals surface area contributed by atoms with Crippen molar-refractivity contribution in [1.82, 2.24) is 9.78 Å². The second kappa shape index (κ2) is 7.88. The molecule has 0 saturated carbocycles. The van der Waals surface area contributed by atoms with Gasteiger partial charge in [-0.2, -0.15) is 23.0 Å². The Labute approximate surface area is 178 Å². The van der Waals surface area contributed by atoms with Crippen LogP contribution in [-0.4, -0.2) is 15.7 Å². The summed E-state index contributed by atoms with van der Waals surface area (Å²) in [5, 5.41) is 7.68. The summed E-state index contributed by atoms with van der Waals surface area (Å²) in [7, 11) is 0. The standard InChI is InChI=1S/C22H13ClF3N3O2/c23-14-8-10-15(11-9-14)27-20(30)19-17-6-1-2-7-18(17)21(31)29(28-19)16-5-3-4-13(12-16)22(24,25)26/h1-12H,(H,27,30). The predicted octanol–water partition coefficient (Wildman–Crippen LogP) is 5.31. The van der Waals surface area contributed by atoms with E-state index in [-0.39, 0.29) is 22.2 Å². The molecule has 0 unspecified atom stereocenters. The Hall–Kier alpha value is -3.65. The van der Waals surface area contributed by atoms with E-state index in [4.69, 9.17) is 11.6 Å². The van der Waals surface area contributed by atoms with Gasteiger partial charge in [-0.15, -0.1) is 0 Å². The number of halogens is 4. The lowest BCUT2D eigenvalue weighted by Crippen LogP contribution is -2.26. The minimum atomic E-state index is -4.59. The lowest BCUT2D eigenvalue weighted by atomic mass is 10.1. The molecule has 1 aromatic heterocycles. The number of carbonyl (C=O) groups is 1. The van der Waals surface area contributed by atoms with E-state index in [1.165, 1.54) is 18.2 Å². The largest absolute Gasteiger partial charge is 0.416 e. The Morgan fingerprint density at radius 1 is 0.935 bits per heavy atom. The number of nitrogens with zero attached hydrogens (tertiary/aromatic N) is 2. The third-order valence-electron chi connectivity index (χ3n) is 4.54. The van der Waals surface area contributed by atoms with Crippen molar-refractivity contribution < 1.29 is 18.0 Å². The van der Waals surface area contributed by atoms with Gasteiger partial charge in [-0.25, -0.2) is 0 Å². The summed E-state index contributed by atoms with van der Waals surface area (Å²) in [6, 6.07) is 16.8. The van der Waals surface area contributed by atoms with Crippen LogP contribution >= 0.6 is 11.6 Å². The maximum atomic E-state index is 13.1. The number of carbonyl (C=O) groups excluding carboxylic acids is 1. The fourth-order valence-electron chi connectivity index (χ4n) is 3.07. The van der Waals surface area contributed by atoms with Crippen LogP contribution < -0.4 is 10.9 Å². The van der Waals surface area contributed by atoms with E-state index >= 15 is 0 Å². The molecule has 0 saturated heterocycles. The van der Waals surface area contributed by atoms with Gasteiger partial charge in [0.05, 0.1) is 16.6 Å². The highest BCUT2D eigenvalue weighted by atomic mass is 35.5. The second-order valence-corrected chi connectivity index (χ2v) is 7.06. The molecule has 0 radical (unpaired) electrons. The molecular weight excluding hydrogens is 431 g/mol. The molecule has 9 heteroatoms. The Balaban J connectivity index is 1.87. The van der Waals surface area contributed by atoms with E-state index in [0.29, 0.717) is 10.7 Å². The first-order chi connectivity index (χ1) is 14.7. The monoisotopic (exact) mass is 443 g/mol. The second-order valence-electron chi connectivity index (χ2n) is 6.62. The van der Waals surface area contributed by atoms with Crippen molar-refractivity contribution in [2.24, 2.45) is 0 Å². The van der Waals surface area contributed by atoms with Crippen molar-refractivity contribution in [3.8, 4) is 5.69 Å². The van der Waals surface area contributed by atoms with Gasteiger partial charge in [0, 0.05) is 16.1 Å². The number of rotatable bonds is 3. The zero-order valence-corrected chi connectivity index (χ0v) is 16.4. The molecule has 0 aliphatic heterocycles. The number of hydrogen-bond donors (Lipinski definition) is 1. The Morgan fingerprint density at radius 3 is 2.29 bits per heavy atom. The number of benzene rings is 3. The number of amides is 1. The third kappa shape index (κ3) is 4.15. The van der Waals surface area contributed by atoms with Crippen LogP contribution in [0, 0.1) is 0 Å².